The maximum absolute atomic E-state index is 12.5. The van der Waals surface area contributed by atoms with Crippen molar-refractivity contribution in [1.82, 2.24) is 5.32 Å². The summed E-state index contributed by atoms with van der Waals surface area (Å²) in [6.07, 6.45) is 5.42. The highest BCUT2D eigenvalue weighted by molar-refractivity contribution is 7.92. The molecule has 0 radical (unpaired) electrons. The number of carbonyl (C=O) groups is 1. The lowest BCUT2D eigenvalue weighted by Gasteiger charge is -2.23. The number of hydrogen-bond donors (Lipinski definition) is 1. The van der Waals surface area contributed by atoms with Gasteiger partial charge in [0.2, 0.25) is 15.9 Å². The molecule has 0 aromatic heterocycles. The average molecular weight is 429 g/mol. The second-order valence-corrected chi connectivity index (χ2v) is 10.4. The van der Waals surface area contributed by atoms with Gasteiger partial charge in [0.25, 0.3) is 0 Å². The number of carbonyl (C=O) groups excluding carboxylic acids is 1. The summed E-state index contributed by atoms with van der Waals surface area (Å²) in [6.45, 7) is 6.17. The van der Waals surface area contributed by atoms with E-state index in [-0.39, 0.29) is 24.9 Å². The molecule has 0 saturated carbocycles. The number of rotatable bonds is 8. The van der Waals surface area contributed by atoms with Gasteiger partial charge in [-0.05, 0) is 86.4 Å². The maximum Gasteiger partial charge on any atom is 0.232 e. The predicted molar refractivity (Wildman–Crippen MR) is 122 cm³/mol. The molecule has 5 nitrogen and oxygen atoms in total. The van der Waals surface area contributed by atoms with Gasteiger partial charge in [-0.2, -0.15) is 0 Å². The van der Waals surface area contributed by atoms with Crippen molar-refractivity contribution in [3.63, 3.8) is 0 Å². The Balaban J connectivity index is 1.57. The number of nitrogens with zero attached hydrogens (tertiary/aromatic N) is 1. The number of aryl methyl sites for hydroxylation is 4. The monoisotopic (exact) mass is 428 g/mol. The van der Waals surface area contributed by atoms with Crippen molar-refractivity contribution in [2.24, 2.45) is 0 Å². The second-order valence-electron chi connectivity index (χ2n) is 8.46. The van der Waals surface area contributed by atoms with Crippen molar-refractivity contribution in [2.75, 3.05) is 17.1 Å². The van der Waals surface area contributed by atoms with Crippen molar-refractivity contribution in [3.05, 3.63) is 64.2 Å². The van der Waals surface area contributed by atoms with Gasteiger partial charge in [-0.3, -0.25) is 9.10 Å². The van der Waals surface area contributed by atoms with E-state index in [0.717, 1.165) is 29.5 Å². The fourth-order valence-corrected chi connectivity index (χ4v) is 5.17. The first-order valence-electron chi connectivity index (χ1n) is 10.6. The van der Waals surface area contributed by atoms with E-state index in [1.807, 2.05) is 39.0 Å². The number of benzene rings is 2. The SMILES string of the molecule is Cc1cc(C)cc(N(CCCC(=O)N[C@@H](C)c2ccc3c(c2)CCC3)S(C)(=O)=O)c1. The summed E-state index contributed by atoms with van der Waals surface area (Å²) >= 11 is 0. The Morgan fingerprint density at radius 2 is 1.73 bits per heavy atom. The van der Waals surface area contributed by atoms with Crippen LogP contribution in [0.2, 0.25) is 0 Å². The van der Waals surface area contributed by atoms with E-state index in [1.54, 1.807) is 0 Å². The summed E-state index contributed by atoms with van der Waals surface area (Å²) in [5.41, 5.74) is 6.62. The van der Waals surface area contributed by atoms with Gasteiger partial charge in [-0.25, -0.2) is 8.42 Å². The second kappa shape index (κ2) is 9.21. The molecular weight excluding hydrogens is 396 g/mol. The first-order valence-corrected chi connectivity index (χ1v) is 12.5. The topological polar surface area (TPSA) is 66.5 Å². The number of nitrogens with one attached hydrogen (secondary N) is 1. The van der Waals surface area contributed by atoms with Crippen molar-refractivity contribution in [2.45, 2.75) is 58.9 Å². The van der Waals surface area contributed by atoms with E-state index in [4.69, 9.17) is 0 Å². The third-order valence-electron chi connectivity index (χ3n) is 5.66. The molecular formula is C24H32N2O3S. The lowest BCUT2D eigenvalue weighted by atomic mass is 10.0. The van der Waals surface area contributed by atoms with Crippen LogP contribution in [0.15, 0.2) is 36.4 Å². The van der Waals surface area contributed by atoms with Crippen molar-refractivity contribution >= 4 is 21.6 Å². The van der Waals surface area contributed by atoms with Crippen molar-refractivity contribution in [1.29, 1.82) is 0 Å². The van der Waals surface area contributed by atoms with Gasteiger partial charge in [0.15, 0.2) is 0 Å². The summed E-state index contributed by atoms with van der Waals surface area (Å²) in [4.78, 5) is 12.5. The Hall–Kier alpha value is -2.34. The molecule has 2 aromatic carbocycles. The standard InChI is InChI=1S/C24H32N2O3S/c1-17-13-18(2)15-23(14-17)26(30(4,28)29)12-6-9-24(27)25-19(3)21-11-10-20-7-5-8-22(20)16-21/h10-11,13-16,19H,5-9,12H2,1-4H3,(H,25,27)/t19-/m0/s1. The Morgan fingerprint density at radius 3 is 2.40 bits per heavy atom. The molecule has 0 saturated heterocycles. The highest BCUT2D eigenvalue weighted by Gasteiger charge is 2.19. The van der Waals surface area contributed by atoms with Crippen LogP contribution < -0.4 is 9.62 Å². The zero-order chi connectivity index (χ0) is 21.9. The molecule has 1 amide bonds. The normalized spacial score (nSPS) is 14.3. The lowest BCUT2D eigenvalue weighted by Crippen LogP contribution is -2.32. The maximum atomic E-state index is 12.5. The highest BCUT2D eigenvalue weighted by atomic mass is 32.2. The van der Waals surface area contributed by atoms with E-state index in [2.05, 4.69) is 23.5 Å². The van der Waals surface area contributed by atoms with Crippen LogP contribution in [0.25, 0.3) is 0 Å². The van der Waals surface area contributed by atoms with Gasteiger partial charge >= 0.3 is 0 Å². The van der Waals surface area contributed by atoms with E-state index in [0.29, 0.717) is 12.1 Å². The molecule has 1 aliphatic rings. The van der Waals surface area contributed by atoms with E-state index >= 15 is 0 Å². The highest BCUT2D eigenvalue weighted by Crippen LogP contribution is 2.25. The van der Waals surface area contributed by atoms with Crippen molar-refractivity contribution < 1.29 is 13.2 Å². The number of fused-ring (bicyclic) bond motifs is 1. The molecule has 0 spiro atoms. The molecule has 1 aliphatic carbocycles. The minimum atomic E-state index is -3.42. The van der Waals surface area contributed by atoms with E-state index in [1.165, 1.54) is 28.1 Å². The Bertz CT molecular complexity index is 1010. The number of hydrogen-bond acceptors (Lipinski definition) is 3. The summed E-state index contributed by atoms with van der Waals surface area (Å²) in [5, 5.41) is 3.05. The quantitative estimate of drug-likeness (QED) is 0.685. The van der Waals surface area contributed by atoms with Crippen LogP contribution >= 0.6 is 0 Å². The first-order chi connectivity index (χ1) is 14.1. The molecule has 0 unspecified atom stereocenters. The first kappa shape index (κ1) is 22.3. The van der Waals surface area contributed by atoms with Gasteiger partial charge in [0, 0.05) is 13.0 Å². The zero-order valence-corrected chi connectivity index (χ0v) is 19.2. The van der Waals surface area contributed by atoms with Crippen LogP contribution in [-0.2, 0) is 27.7 Å². The van der Waals surface area contributed by atoms with Crippen LogP contribution in [0, 0.1) is 13.8 Å². The Labute approximate surface area is 180 Å². The minimum Gasteiger partial charge on any atom is -0.350 e. The lowest BCUT2D eigenvalue weighted by molar-refractivity contribution is -0.121. The number of anilines is 1. The molecule has 30 heavy (non-hydrogen) atoms. The molecule has 0 bridgehead atoms. The third kappa shape index (κ3) is 5.63. The molecule has 3 rings (SSSR count). The average Bonchev–Trinajstić information content (AvgIpc) is 3.11. The van der Waals surface area contributed by atoms with Gasteiger partial charge in [0.1, 0.15) is 0 Å². The molecule has 0 aliphatic heterocycles. The molecule has 1 N–H and O–H groups in total. The van der Waals surface area contributed by atoms with Gasteiger partial charge in [0.05, 0.1) is 18.0 Å². The summed E-state index contributed by atoms with van der Waals surface area (Å²) in [7, 11) is -3.42. The summed E-state index contributed by atoms with van der Waals surface area (Å²) in [5.74, 6) is -0.0585. The smallest absolute Gasteiger partial charge is 0.232 e. The number of amides is 1. The predicted octanol–water partition coefficient (Wildman–Crippen LogP) is 4.22. The minimum absolute atomic E-state index is 0.0585. The van der Waals surface area contributed by atoms with Gasteiger partial charge in [-0.15, -0.1) is 0 Å². The fourth-order valence-electron chi connectivity index (χ4n) is 4.22. The summed E-state index contributed by atoms with van der Waals surface area (Å²) in [6, 6.07) is 12.2. The van der Waals surface area contributed by atoms with Crippen LogP contribution in [0.3, 0.4) is 0 Å². The van der Waals surface area contributed by atoms with Crippen molar-refractivity contribution in [3.8, 4) is 0 Å². The van der Waals surface area contributed by atoms with E-state index < -0.39 is 10.0 Å². The molecule has 0 heterocycles. The number of sulfonamides is 1. The summed E-state index contributed by atoms with van der Waals surface area (Å²) < 4.78 is 26.0. The van der Waals surface area contributed by atoms with Gasteiger partial charge < -0.3 is 5.32 Å². The molecule has 2 aromatic rings. The molecule has 162 valence electrons. The van der Waals surface area contributed by atoms with Crippen LogP contribution in [-0.4, -0.2) is 27.1 Å². The van der Waals surface area contributed by atoms with Crippen LogP contribution in [0.1, 0.15) is 60.0 Å². The zero-order valence-electron chi connectivity index (χ0n) is 18.4. The van der Waals surface area contributed by atoms with Crippen LogP contribution in [0.4, 0.5) is 5.69 Å². The Kier molecular flexibility index (Phi) is 6.86. The molecule has 1 atom stereocenters. The Morgan fingerprint density at radius 1 is 1.07 bits per heavy atom. The van der Waals surface area contributed by atoms with E-state index in [9.17, 15) is 13.2 Å². The molecule has 0 fully saturated rings. The van der Waals surface area contributed by atoms with Crippen LogP contribution in [0.5, 0.6) is 0 Å². The fraction of sp³-hybridized carbons (Fsp3) is 0.458. The molecule has 6 heteroatoms. The largest absolute Gasteiger partial charge is 0.350 e. The van der Waals surface area contributed by atoms with Gasteiger partial charge in [-0.1, -0.05) is 24.3 Å². The third-order valence-corrected chi connectivity index (χ3v) is 6.85.